The fraction of sp³-hybridized carbons (Fsp3) is 0.211. The molecule has 8 heteroatoms. The van der Waals surface area contributed by atoms with Gasteiger partial charge >= 0.3 is 6.61 Å². The van der Waals surface area contributed by atoms with E-state index in [-0.39, 0.29) is 29.5 Å². The first-order valence-corrected chi connectivity index (χ1v) is 7.97. The van der Waals surface area contributed by atoms with E-state index in [9.17, 15) is 18.0 Å². The fourth-order valence-corrected chi connectivity index (χ4v) is 2.19. The first kappa shape index (κ1) is 20.2. The summed E-state index contributed by atoms with van der Waals surface area (Å²) in [5.41, 5.74) is 0.801. The molecule has 0 spiro atoms. The standard InChI is InChI=1S/C19H18F3NO4/c1-3-26-17-10-12(4-7-16(17)27-19(21)22)5-9-18(24)23-13-6-8-15(25-2)14(20)11-13/h4-11,19H,3H2,1-2H3,(H,23,24). The fourth-order valence-electron chi connectivity index (χ4n) is 2.19. The number of alkyl halides is 2. The van der Waals surface area contributed by atoms with Crippen molar-refractivity contribution < 1.29 is 32.2 Å². The average Bonchev–Trinajstić information content (AvgIpc) is 2.62. The number of halogens is 3. The Morgan fingerprint density at radius 1 is 1.15 bits per heavy atom. The maximum atomic E-state index is 13.6. The number of hydrogen-bond acceptors (Lipinski definition) is 4. The van der Waals surface area contributed by atoms with Crippen LogP contribution in [0.1, 0.15) is 12.5 Å². The van der Waals surface area contributed by atoms with E-state index in [2.05, 4.69) is 10.1 Å². The Hall–Kier alpha value is -3.16. The smallest absolute Gasteiger partial charge is 0.387 e. The predicted molar refractivity (Wildman–Crippen MR) is 94.9 cm³/mol. The highest BCUT2D eigenvalue weighted by Crippen LogP contribution is 2.30. The van der Waals surface area contributed by atoms with Crippen LogP contribution >= 0.6 is 0 Å². The third kappa shape index (κ3) is 5.95. The van der Waals surface area contributed by atoms with Gasteiger partial charge in [-0.15, -0.1) is 0 Å². The molecular formula is C19H18F3NO4. The minimum atomic E-state index is -2.97. The summed E-state index contributed by atoms with van der Waals surface area (Å²) in [6, 6.07) is 8.32. The molecule has 5 nitrogen and oxygen atoms in total. The first-order valence-electron chi connectivity index (χ1n) is 7.97. The highest BCUT2D eigenvalue weighted by Gasteiger charge is 2.11. The molecule has 0 aromatic heterocycles. The Bertz CT molecular complexity index is 825. The number of anilines is 1. The van der Waals surface area contributed by atoms with Crippen LogP contribution in [0.15, 0.2) is 42.5 Å². The summed E-state index contributed by atoms with van der Waals surface area (Å²) in [6.07, 6.45) is 2.69. The lowest BCUT2D eigenvalue weighted by molar-refractivity contribution is -0.111. The maximum absolute atomic E-state index is 13.6. The summed E-state index contributed by atoms with van der Waals surface area (Å²) in [7, 11) is 1.34. The third-order valence-corrected chi connectivity index (χ3v) is 3.33. The molecule has 0 aliphatic carbocycles. The molecule has 2 aromatic rings. The molecule has 0 bridgehead atoms. The van der Waals surface area contributed by atoms with Gasteiger partial charge in [0.1, 0.15) is 0 Å². The largest absolute Gasteiger partial charge is 0.494 e. The second-order valence-electron chi connectivity index (χ2n) is 5.19. The summed E-state index contributed by atoms with van der Waals surface area (Å²) in [5.74, 6) is -0.987. The van der Waals surface area contributed by atoms with Crippen molar-refractivity contribution in [2.75, 3.05) is 19.0 Å². The highest BCUT2D eigenvalue weighted by atomic mass is 19.3. The van der Waals surface area contributed by atoms with E-state index in [4.69, 9.17) is 9.47 Å². The van der Waals surface area contributed by atoms with Crippen LogP contribution in [0, 0.1) is 5.82 Å². The molecule has 0 atom stereocenters. The van der Waals surface area contributed by atoms with Gasteiger partial charge in [0.05, 0.1) is 13.7 Å². The minimum absolute atomic E-state index is 0.0677. The van der Waals surface area contributed by atoms with Gasteiger partial charge in [-0.05, 0) is 42.8 Å². The van der Waals surface area contributed by atoms with Crippen LogP contribution in [0.5, 0.6) is 17.2 Å². The summed E-state index contributed by atoms with van der Waals surface area (Å²) < 4.78 is 52.9. The van der Waals surface area contributed by atoms with Crippen molar-refractivity contribution in [3.63, 3.8) is 0 Å². The second kappa shape index (κ2) is 9.51. The number of amides is 1. The van der Waals surface area contributed by atoms with Crippen molar-refractivity contribution in [3.05, 3.63) is 53.9 Å². The average molecular weight is 381 g/mol. The zero-order valence-corrected chi connectivity index (χ0v) is 14.7. The predicted octanol–water partition coefficient (Wildman–Crippen LogP) is 4.49. The van der Waals surface area contributed by atoms with Crippen LogP contribution in [0.3, 0.4) is 0 Å². The van der Waals surface area contributed by atoms with Gasteiger partial charge in [-0.25, -0.2) is 4.39 Å². The van der Waals surface area contributed by atoms with Crippen molar-refractivity contribution >= 4 is 17.7 Å². The normalized spacial score (nSPS) is 10.9. The van der Waals surface area contributed by atoms with Crippen molar-refractivity contribution in [1.29, 1.82) is 0 Å². The SMILES string of the molecule is CCOc1cc(C=CC(=O)Nc2ccc(OC)c(F)c2)ccc1OC(F)F. The lowest BCUT2D eigenvalue weighted by Gasteiger charge is -2.11. The lowest BCUT2D eigenvalue weighted by atomic mass is 10.2. The van der Waals surface area contributed by atoms with Crippen LogP contribution in [0.25, 0.3) is 6.08 Å². The Labute approximate surface area is 154 Å². The van der Waals surface area contributed by atoms with Crippen molar-refractivity contribution in [2.45, 2.75) is 13.5 Å². The quantitative estimate of drug-likeness (QED) is 0.685. The van der Waals surface area contributed by atoms with Crippen molar-refractivity contribution in [3.8, 4) is 17.2 Å². The van der Waals surface area contributed by atoms with E-state index in [1.54, 1.807) is 6.92 Å². The molecule has 0 saturated carbocycles. The van der Waals surface area contributed by atoms with Gasteiger partial charge in [-0.3, -0.25) is 4.79 Å². The van der Waals surface area contributed by atoms with Crippen LogP contribution < -0.4 is 19.5 Å². The Morgan fingerprint density at radius 2 is 1.89 bits per heavy atom. The van der Waals surface area contributed by atoms with E-state index in [0.717, 1.165) is 6.07 Å². The molecule has 0 aliphatic heterocycles. The number of benzene rings is 2. The molecule has 0 unspecified atom stereocenters. The van der Waals surface area contributed by atoms with E-state index >= 15 is 0 Å². The van der Waals surface area contributed by atoms with Crippen LogP contribution in [0.2, 0.25) is 0 Å². The number of carbonyl (C=O) groups excluding carboxylic acids is 1. The lowest BCUT2D eigenvalue weighted by Crippen LogP contribution is -2.08. The summed E-state index contributed by atoms with van der Waals surface area (Å²) in [5, 5.41) is 2.51. The molecule has 0 radical (unpaired) electrons. The minimum Gasteiger partial charge on any atom is -0.494 e. The van der Waals surface area contributed by atoms with Gasteiger partial charge < -0.3 is 19.5 Å². The van der Waals surface area contributed by atoms with E-state index in [0.29, 0.717) is 5.56 Å². The molecule has 2 rings (SSSR count). The second-order valence-corrected chi connectivity index (χ2v) is 5.19. The molecule has 2 aromatic carbocycles. The van der Waals surface area contributed by atoms with E-state index in [1.165, 1.54) is 49.6 Å². The number of carbonyl (C=O) groups is 1. The number of rotatable bonds is 8. The number of nitrogens with one attached hydrogen (secondary N) is 1. The van der Waals surface area contributed by atoms with Crippen molar-refractivity contribution in [1.82, 2.24) is 0 Å². The van der Waals surface area contributed by atoms with Gasteiger partial charge in [-0.2, -0.15) is 8.78 Å². The zero-order valence-electron chi connectivity index (χ0n) is 14.7. The van der Waals surface area contributed by atoms with Gasteiger partial charge in [0.2, 0.25) is 5.91 Å². The Morgan fingerprint density at radius 3 is 2.52 bits per heavy atom. The molecule has 0 aliphatic rings. The van der Waals surface area contributed by atoms with Crippen molar-refractivity contribution in [2.24, 2.45) is 0 Å². The zero-order chi connectivity index (χ0) is 19.8. The molecule has 1 amide bonds. The third-order valence-electron chi connectivity index (χ3n) is 3.33. The summed E-state index contributed by atoms with van der Waals surface area (Å²) >= 11 is 0. The Kier molecular flexibility index (Phi) is 7.10. The Balaban J connectivity index is 2.08. The number of ether oxygens (including phenoxy) is 3. The highest BCUT2D eigenvalue weighted by molar-refractivity contribution is 6.02. The van der Waals surface area contributed by atoms with Gasteiger partial charge in [0, 0.05) is 17.8 Å². The topological polar surface area (TPSA) is 56.8 Å². The first-order chi connectivity index (χ1) is 12.9. The van der Waals surface area contributed by atoms with Crippen LogP contribution in [-0.2, 0) is 4.79 Å². The molecule has 0 heterocycles. The molecule has 144 valence electrons. The molecule has 1 N–H and O–H groups in total. The number of methoxy groups -OCH3 is 1. The van der Waals surface area contributed by atoms with Crippen LogP contribution in [0.4, 0.5) is 18.9 Å². The van der Waals surface area contributed by atoms with E-state index in [1.807, 2.05) is 0 Å². The molecule has 0 fully saturated rings. The van der Waals surface area contributed by atoms with Gasteiger partial charge in [0.15, 0.2) is 23.1 Å². The molecule has 27 heavy (non-hydrogen) atoms. The maximum Gasteiger partial charge on any atom is 0.387 e. The van der Waals surface area contributed by atoms with E-state index < -0.39 is 18.3 Å². The summed E-state index contributed by atoms with van der Waals surface area (Å²) in [4.78, 5) is 12.0. The molecular weight excluding hydrogens is 363 g/mol. The monoisotopic (exact) mass is 381 g/mol. The summed E-state index contributed by atoms with van der Waals surface area (Å²) in [6.45, 7) is -1.01. The molecule has 0 saturated heterocycles. The number of hydrogen-bond donors (Lipinski definition) is 1. The van der Waals surface area contributed by atoms with Gasteiger partial charge in [-0.1, -0.05) is 6.07 Å². The van der Waals surface area contributed by atoms with Gasteiger partial charge in [0.25, 0.3) is 0 Å². The van der Waals surface area contributed by atoms with Crippen LogP contribution in [-0.4, -0.2) is 26.2 Å².